The fourth-order valence-corrected chi connectivity index (χ4v) is 1.76. The van der Waals surface area contributed by atoms with Gasteiger partial charge < -0.3 is 20.3 Å². The molecule has 21 heavy (non-hydrogen) atoms. The Morgan fingerprint density at radius 1 is 1.33 bits per heavy atom. The van der Waals surface area contributed by atoms with E-state index in [1.807, 2.05) is 0 Å². The lowest BCUT2D eigenvalue weighted by atomic mass is 10.2. The number of hydrogen-bond acceptors (Lipinski definition) is 6. The zero-order chi connectivity index (χ0) is 15.2. The number of rotatable bonds is 5. The Hall–Kier alpha value is -2.60. The van der Waals surface area contributed by atoms with E-state index in [9.17, 15) is 9.90 Å². The van der Waals surface area contributed by atoms with Gasteiger partial charge in [0, 0.05) is 11.8 Å². The summed E-state index contributed by atoms with van der Waals surface area (Å²) in [5.41, 5.74) is 6.80. The molecule has 6 heteroatoms. The van der Waals surface area contributed by atoms with E-state index in [4.69, 9.17) is 15.2 Å². The van der Waals surface area contributed by atoms with Gasteiger partial charge in [-0.1, -0.05) is 18.2 Å². The van der Waals surface area contributed by atoms with E-state index in [-0.39, 0.29) is 30.3 Å². The van der Waals surface area contributed by atoms with Gasteiger partial charge >= 0.3 is 5.97 Å². The van der Waals surface area contributed by atoms with Gasteiger partial charge in [-0.3, -0.25) is 0 Å². The van der Waals surface area contributed by atoms with Gasteiger partial charge in [0.05, 0.1) is 18.8 Å². The molecule has 2 rings (SSSR count). The molecule has 1 heterocycles. The van der Waals surface area contributed by atoms with Crippen LogP contribution in [0.1, 0.15) is 22.8 Å². The first-order valence-corrected chi connectivity index (χ1v) is 6.45. The summed E-state index contributed by atoms with van der Waals surface area (Å²) < 4.78 is 10.5. The minimum atomic E-state index is -0.530. The molecule has 0 aliphatic carbocycles. The third kappa shape index (κ3) is 3.29. The smallest absolute Gasteiger partial charge is 0.340 e. The third-order valence-electron chi connectivity index (χ3n) is 2.80. The van der Waals surface area contributed by atoms with Crippen LogP contribution in [0.3, 0.4) is 0 Å². The van der Waals surface area contributed by atoms with Crippen LogP contribution in [0.25, 0.3) is 0 Å². The van der Waals surface area contributed by atoms with E-state index >= 15 is 0 Å². The first kappa shape index (κ1) is 14.8. The molecule has 0 radical (unpaired) electrons. The van der Waals surface area contributed by atoms with Crippen molar-refractivity contribution in [1.82, 2.24) is 4.98 Å². The van der Waals surface area contributed by atoms with Crippen molar-refractivity contribution < 1.29 is 19.4 Å². The number of aromatic nitrogens is 1. The molecule has 0 aliphatic heterocycles. The van der Waals surface area contributed by atoms with Crippen LogP contribution in [0, 0.1) is 0 Å². The molecule has 3 N–H and O–H groups in total. The number of aliphatic hydroxyl groups excluding tert-OH is 1. The Labute approximate surface area is 122 Å². The number of carbonyl (C=O) groups is 1. The fraction of sp³-hybridized carbons (Fsp3) is 0.200. The number of pyridine rings is 1. The van der Waals surface area contributed by atoms with E-state index in [0.717, 1.165) is 0 Å². The van der Waals surface area contributed by atoms with Crippen molar-refractivity contribution in [3.05, 3.63) is 47.7 Å². The molecule has 0 saturated carbocycles. The molecule has 0 fully saturated rings. The maximum absolute atomic E-state index is 11.8. The Balaban J connectivity index is 2.33. The van der Waals surface area contributed by atoms with Crippen LogP contribution in [-0.4, -0.2) is 22.7 Å². The van der Waals surface area contributed by atoms with Crippen molar-refractivity contribution in [2.45, 2.75) is 13.5 Å². The highest BCUT2D eigenvalue weighted by molar-refractivity contribution is 5.96. The molecule has 2 aromatic rings. The monoisotopic (exact) mass is 288 g/mol. The number of ether oxygens (including phenoxy) is 2. The van der Waals surface area contributed by atoms with Gasteiger partial charge in [0.2, 0.25) is 5.88 Å². The third-order valence-corrected chi connectivity index (χ3v) is 2.80. The van der Waals surface area contributed by atoms with Crippen molar-refractivity contribution in [2.24, 2.45) is 0 Å². The van der Waals surface area contributed by atoms with Crippen LogP contribution >= 0.6 is 0 Å². The van der Waals surface area contributed by atoms with Crippen molar-refractivity contribution in [3.8, 4) is 11.6 Å². The van der Waals surface area contributed by atoms with Gasteiger partial charge in [0.15, 0.2) is 0 Å². The average molecular weight is 288 g/mol. The SMILES string of the molecule is CCOC(=O)c1ccnc(Oc2ccccc2CO)c1N. The zero-order valence-electron chi connectivity index (χ0n) is 11.6. The number of para-hydroxylation sites is 1. The summed E-state index contributed by atoms with van der Waals surface area (Å²) in [6.07, 6.45) is 1.42. The van der Waals surface area contributed by atoms with Gasteiger partial charge in [-0.2, -0.15) is 0 Å². The summed E-state index contributed by atoms with van der Waals surface area (Å²) in [5, 5.41) is 9.27. The number of aliphatic hydroxyl groups is 1. The maximum atomic E-state index is 11.8. The number of carbonyl (C=O) groups excluding carboxylic acids is 1. The van der Waals surface area contributed by atoms with Crippen LogP contribution in [0.5, 0.6) is 11.6 Å². The molecular formula is C15H16N2O4. The predicted octanol–water partition coefficient (Wildman–Crippen LogP) is 2.13. The summed E-state index contributed by atoms with van der Waals surface area (Å²) in [5.74, 6) is -0.000597. The second-order valence-electron chi connectivity index (χ2n) is 4.17. The van der Waals surface area contributed by atoms with Crippen LogP contribution in [-0.2, 0) is 11.3 Å². The molecular weight excluding hydrogens is 272 g/mol. The molecule has 0 saturated heterocycles. The van der Waals surface area contributed by atoms with Crippen LogP contribution in [0.15, 0.2) is 36.5 Å². The molecule has 0 unspecified atom stereocenters. The number of esters is 1. The van der Waals surface area contributed by atoms with Crippen molar-refractivity contribution >= 4 is 11.7 Å². The number of nitrogens with two attached hydrogens (primary N) is 1. The largest absolute Gasteiger partial charge is 0.462 e. The highest BCUT2D eigenvalue weighted by Crippen LogP contribution is 2.30. The summed E-state index contributed by atoms with van der Waals surface area (Å²) in [4.78, 5) is 15.8. The topological polar surface area (TPSA) is 94.7 Å². The summed E-state index contributed by atoms with van der Waals surface area (Å²) in [7, 11) is 0. The number of nitrogen functional groups attached to an aromatic ring is 1. The average Bonchev–Trinajstić information content (AvgIpc) is 2.50. The molecule has 0 atom stereocenters. The second kappa shape index (κ2) is 6.71. The molecule has 1 aromatic heterocycles. The van der Waals surface area contributed by atoms with Gasteiger partial charge in [0.1, 0.15) is 11.4 Å². The maximum Gasteiger partial charge on any atom is 0.340 e. The fourth-order valence-electron chi connectivity index (χ4n) is 1.76. The van der Waals surface area contributed by atoms with Gasteiger partial charge in [-0.05, 0) is 19.1 Å². The lowest BCUT2D eigenvalue weighted by Gasteiger charge is -2.12. The van der Waals surface area contributed by atoms with E-state index < -0.39 is 5.97 Å². The minimum Gasteiger partial charge on any atom is -0.462 e. The molecule has 0 bridgehead atoms. The molecule has 0 aliphatic rings. The first-order valence-electron chi connectivity index (χ1n) is 6.45. The van der Waals surface area contributed by atoms with Crippen LogP contribution < -0.4 is 10.5 Å². The Morgan fingerprint density at radius 2 is 2.10 bits per heavy atom. The molecule has 0 amide bonds. The van der Waals surface area contributed by atoms with Gasteiger partial charge in [-0.15, -0.1) is 0 Å². The summed E-state index contributed by atoms with van der Waals surface area (Å²) in [6, 6.07) is 8.42. The normalized spacial score (nSPS) is 10.2. The van der Waals surface area contributed by atoms with Crippen molar-refractivity contribution in [2.75, 3.05) is 12.3 Å². The van der Waals surface area contributed by atoms with Crippen LogP contribution in [0.4, 0.5) is 5.69 Å². The lowest BCUT2D eigenvalue weighted by molar-refractivity contribution is 0.0527. The Kier molecular flexibility index (Phi) is 4.73. The summed E-state index contributed by atoms with van der Waals surface area (Å²) in [6.45, 7) is 1.79. The highest BCUT2D eigenvalue weighted by Gasteiger charge is 2.16. The molecule has 1 aromatic carbocycles. The minimum absolute atomic E-state index is 0.0986. The number of nitrogens with zero attached hydrogens (tertiary/aromatic N) is 1. The van der Waals surface area contributed by atoms with E-state index in [2.05, 4.69) is 4.98 Å². The number of hydrogen-bond donors (Lipinski definition) is 2. The molecule has 0 spiro atoms. The van der Waals surface area contributed by atoms with Crippen LogP contribution in [0.2, 0.25) is 0 Å². The number of anilines is 1. The van der Waals surface area contributed by atoms with Gasteiger partial charge in [0.25, 0.3) is 0 Å². The van der Waals surface area contributed by atoms with Crippen molar-refractivity contribution in [1.29, 1.82) is 0 Å². The van der Waals surface area contributed by atoms with Gasteiger partial charge in [-0.25, -0.2) is 9.78 Å². The molecule has 110 valence electrons. The second-order valence-corrected chi connectivity index (χ2v) is 4.17. The highest BCUT2D eigenvalue weighted by atomic mass is 16.5. The quantitative estimate of drug-likeness (QED) is 0.818. The van der Waals surface area contributed by atoms with E-state index in [1.165, 1.54) is 12.3 Å². The Morgan fingerprint density at radius 3 is 2.81 bits per heavy atom. The standard InChI is InChI=1S/C15H16N2O4/c1-2-20-15(19)11-7-8-17-14(13(11)16)21-12-6-4-3-5-10(12)9-18/h3-8,18H,2,9,16H2,1H3. The van der Waals surface area contributed by atoms with E-state index in [1.54, 1.807) is 31.2 Å². The Bertz CT molecular complexity index is 643. The van der Waals surface area contributed by atoms with E-state index in [0.29, 0.717) is 11.3 Å². The number of benzene rings is 1. The predicted molar refractivity (Wildman–Crippen MR) is 77.0 cm³/mol. The molecule has 6 nitrogen and oxygen atoms in total. The van der Waals surface area contributed by atoms with Crippen molar-refractivity contribution in [3.63, 3.8) is 0 Å². The lowest BCUT2D eigenvalue weighted by Crippen LogP contribution is -2.09. The summed E-state index contributed by atoms with van der Waals surface area (Å²) >= 11 is 0. The first-order chi connectivity index (χ1) is 10.2. The zero-order valence-corrected chi connectivity index (χ0v) is 11.6.